The first kappa shape index (κ1) is 10.9. The molecule has 0 amide bonds. The normalized spacial score (nSPS) is 10.8. The minimum absolute atomic E-state index is 0.489. The highest BCUT2D eigenvalue weighted by Crippen LogP contribution is 2.19. The molecule has 0 saturated carbocycles. The SMILES string of the molecule is Cn1nnc2cc(Nc3ncc(Cl)cn3)ccc21. The van der Waals surface area contributed by atoms with Crippen molar-refractivity contribution in [2.75, 3.05) is 5.32 Å². The van der Waals surface area contributed by atoms with E-state index in [1.165, 1.54) is 12.4 Å². The van der Waals surface area contributed by atoms with Crippen LogP contribution in [0.5, 0.6) is 0 Å². The van der Waals surface area contributed by atoms with Gasteiger partial charge in [0.25, 0.3) is 0 Å². The smallest absolute Gasteiger partial charge is 0.227 e. The van der Waals surface area contributed by atoms with E-state index in [2.05, 4.69) is 25.6 Å². The lowest BCUT2D eigenvalue weighted by atomic mass is 10.3. The van der Waals surface area contributed by atoms with Gasteiger partial charge in [-0.05, 0) is 18.2 Å². The van der Waals surface area contributed by atoms with Gasteiger partial charge in [0, 0.05) is 12.7 Å². The molecule has 0 aliphatic carbocycles. The molecule has 0 aliphatic rings. The molecule has 0 unspecified atom stereocenters. The summed E-state index contributed by atoms with van der Waals surface area (Å²) >= 11 is 5.72. The standard InChI is InChI=1S/C11H9ClN6/c1-18-10-3-2-8(4-9(10)16-17-18)15-11-13-5-7(12)6-14-11/h2-6H,1H3,(H,13,14,15). The first-order chi connectivity index (χ1) is 8.72. The molecule has 3 rings (SSSR count). The Morgan fingerprint density at radius 3 is 2.78 bits per heavy atom. The first-order valence-electron chi connectivity index (χ1n) is 5.26. The Labute approximate surface area is 108 Å². The van der Waals surface area contributed by atoms with Crippen molar-refractivity contribution in [1.82, 2.24) is 25.0 Å². The molecule has 3 aromatic rings. The van der Waals surface area contributed by atoms with Gasteiger partial charge in [-0.25, -0.2) is 14.6 Å². The van der Waals surface area contributed by atoms with Crippen LogP contribution in [0.2, 0.25) is 5.02 Å². The lowest BCUT2D eigenvalue weighted by Crippen LogP contribution is -1.96. The van der Waals surface area contributed by atoms with Crippen molar-refractivity contribution in [3.63, 3.8) is 0 Å². The molecule has 0 radical (unpaired) electrons. The summed E-state index contributed by atoms with van der Waals surface area (Å²) in [6.45, 7) is 0. The van der Waals surface area contributed by atoms with E-state index in [-0.39, 0.29) is 0 Å². The highest BCUT2D eigenvalue weighted by molar-refractivity contribution is 6.30. The fourth-order valence-corrected chi connectivity index (χ4v) is 1.72. The van der Waals surface area contributed by atoms with Crippen molar-refractivity contribution in [2.45, 2.75) is 0 Å². The number of halogens is 1. The quantitative estimate of drug-likeness (QED) is 0.765. The Balaban J connectivity index is 1.92. The average molecular weight is 261 g/mol. The number of rotatable bonds is 2. The Morgan fingerprint density at radius 1 is 1.22 bits per heavy atom. The molecule has 7 heteroatoms. The molecule has 0 atom stereocenters. The lowest BCUT2D eigenvalue weighted by Gasteiger charge is -2.03. The summed E-state index contributed by atoms with van der Waals surface area (Å²) in [5.41, 5.74) is 2.64. The van der Waals surface area contributed by atoms with E-state index in [1.54, 1.807) is 4.68 Å². The third-order valence-electron chi connectivity index (χ3n) is 2.49. The fourth-order valence-electron chi connectivity index (χ4n) is 1.62. The molecule has 1 aromatic carbocycles. The average Bonchev–Trinajstić information content (AvgIpc) is 2.74. The van der Waals surface area contributed by atoms with Crippen LogP contribution in [0.4, 0.5) is 11.6 Å². The molecule has 0 saturated heterocycles. The molecule has 1 N–H and O–H groups in total. The predicted molar refractivity (Wildman–Crippen MR) is 68.8 cm³/mol. The molecule has 6 nitrogen and oxygen atoms in total. The van der Waals surface area contributed by atoms with Gasteiger partial charge in [-0.3, -0.25) is 0 Å². The minimum Gasteiger partial charge on any atom is -0.324 e. The van der Waals surface area contributed by atoms with Crippen molar-refractivity contribution in [3.8, 4) is 0 Å². The van der Waals surface area contributed by atoms with Gasteiger partial charge < -0.3 is 5.32 Å². The van der Waals surface area contributed by atoms with E-state index in [4.69, 9.17) is 11.6 Å². The van der Waals surface area contributed by atoms with E-state index < -0.39 is 0 Å². The van der Waals surface area contributed by atoms with Crippen LogP contribution >= 0.6 is 11.6 Å². The summed E-state index contributed by atoms with van der Waals surface area (Å²) in [5, 5.41) is 11.6. The van der Waals surface area contributed by atoms with Gasteiger partial charge in [0.15, 0.2) is 0 Å². The Hall–Kier alpha value is -2.21. The zero-order chi connectivity index (χ0) is 12.5. The molecule has 0 bridgehead atoms. The molecule has 90 valence electrons. The second kappa shape index (κ2) is 4.23. The van der Waals surface area contributed by atoms with Gasteiger partial charge in [0.2, 0.25) is 5.95 Å². The number of fused-ring (bicyclic) bond motifs is 1. The molecule has 0 aliphatic heterocycles. The maximum absolute atomic E-state index is 5.72. The number of aryl methyl sites for hydroxylation is 1. The maximum atomic E-state index is 5.72. The predicted octanol–water partition coefficient (Wildman–Crippen LogP) is 2.16. The van der Waals surface area contributed by atoms with E-state index in [0.717, 1.165) is 16.7 Å². The molecular formula is C11H9ClN6. The summed E-state index contributed by atoms with van der Waals surface area (Å²) < 4.78 is 1.72. The van der Waals surface area contributed by atoms with E-state index in [0.29, 0.717) is 11.0 Å². The number of hydrogen-bond donors (Lipinski definition) is 1. The van der Waals surface area contributed by atoms with Crippen LogP contribution in [0, 0.1) is 0 Å². The van der Waals surface area contributed by atoms with E-state index in [9.17, 15) is 0 Å². The van der Waals surface area contributed by atoms with Crippen molar-refractivity contribution in [2.24, 2.45) is 7.05 Å². The maximum Gasteiger partial charge on any atom is 0.227 e. The molecular weight excluding hydrogens is 252 g/mol. The topological polar surface area (TPSA) is 68.5 Å². The van der Waals surface area contributed by atoms with Gasteiger partial charge in [-0.2, -0.15) is 0 Å². The van der Waals surface area contributed by atoms with Crippen LogP contribution in [0.25, 0.3) is 11.0 Å². The third kappa shape index (κ3) is 1.98. The number of benzene rings is 1. The van der Waals surface area contributed by atoms with Crippen LogP contribution in [0.3, 0.4) is 0 Å². The number of anilines is 2. The summed E-state index contributed by atoms with van der Waals surface area (Å²) in [6, 6.07) is 5.75. The highest BCUT2D eigenvalue weighted by atomic mass is 35.5. The highest BCUT2D eigenvalue weighted by Gasteiger charge is 2.03. The molecule has 18 heavy (non-hydrogen) atoms. The molecule has 2 heterocycles. The van der Waals surface area contributed by atoms with Crippen molar-refractivity contribution in [1.29, 1.82) is 0 Å². The van der Waals surface area contributed by atoms with Gasteiger partial charge in [-0.1, -0.05) is 16.8 Å². The van der Waals surface area contributed by atoms with E-state index in [1.807, 2.05) is 25.2 Å². The number of nitrogens with one attached hydrogen (secondary N) is 1. The monoisotopic (exact) mass is 260 g/mol. The number of aromatic nitrogens is 5. The molecule has 0 fully saturated rings. The van der Waals surface area contributed by atoms with Gasteiger partial charge in [-0.15, -0.1) is 5.10 Å². The lowest BCUT2D eigenvalue weighted by molar-refractivity contribution is 0.736. The van der Waals surface area contributed by atoms with Crippen LogP contribution in [-0.2, 0) is 7.05 Å². The molecule has 2 aromatic heterocycles. The number of hydrogen-bond acceptors (Lipinski definition) is 5. The zero-order valence-electron chi connectivity index (χ0n) is 9.50. The second-order valence-electron chi connectivity index (χ2n) is 3.77. The second-order valence-corrected chi connectivity index (χ2v) is 4.20. The van der Waals surface area contributed by atoms with Crippen molar-refractivity contribution >= 4 is 34.3 Å². The van der Waals surface area contributed by atoms with Gasteiger partial charge in [0.05, 0.1) is 22.9 Å². The Bertz CT molecular complexity index is 690. The van der Waals surface area contributed by atoms with Crippen LogP contribution in [-0.4, -0.2) is 25.0 Å². The minimum atomic E-state index is 0.489. The number of nitrogens with zero attached hydrogens (tertiary/aromatic N) is 5. The first-order valence-corrected chi connectivity index (χ1v) is 5.64. The molecule has 0 spiro atoms. The Morgan fingerprint density at radius 2 is 2.00 bits per heavy atom. The van der Waals surface area contributed by atoms with Crippen molar-refractivity contribution in [3.05, 3.63) is 35.6 Å². The summed E-state index contributed by atoms with van der Waals surface area (Å²) in [7, 11) is 1.85. The zero-order valence-corrected chi connectivity index (χ0v) is 10.3. The summed E-state index contributed by atoms with van der Waals surface area (Å²) in [5.74, 6) is 0.489. The fraction of sp³-hybridized carbons (Fsp3) is 0.0909. The summed E-state index contributed by atoms with van der Waals surface area (Å²) in [4.78, 5) is 8.13. The van der Waals surface area contributed by atoms with Crippen LogP contribution in [0.15, 0.2) is 30.6 Å². The van der Waals surface area contributed by atoms with Gasteiger partial charge in [0.1, 0.15) is 5.52 Å². The van der Waals surface area contributed by atoms with E-state index >= 15 is 0 Å². The van der Waals surface area contributed by atoms with Crippen molar-refractivity contribution < 1.29 is 0 Å². The summed E-state index contributed by atoms with van der Waals surface area (Å²) in [6.07, 6.45) is 3.08. The van der Waals surface area contributed by atoms with Crippen LogP contribution in [0.1, 0.15) is 0 Å². The largest absolute Gasteiger partial charge is 0.324 e. The van der Waals surface area contributed by atoms with Crippen LogP contribution < -0.4 is 5.32 Å². The third-order valence-corrected chi connectivity index (χ3v) is 2.68. The Kier molecular flexibility index (Phi) is 2.56. The van der Waals surface area contributed by atoms with Gasteiger partial charge >= 0.3 is 0 Å².